The molecule has 1 atom stereocenters. The first-order valence-corrected chi connectivity index (χ1v) is 8.73. The molecule has 0 aliphatic carbocycles. The van der Waals surface area contributed by atoms with Crippen LogP contribution in [-0.4, -0.2) is 23.7 Å². The minimum atomic E-state index is -0.396. The summed E-state index contributed by atoms with van der Waals surface area (Å²) in [5.74, 6) is -0.655. The van der Waals surface area contributed by atoms with Crippen LogP contribution in [0.15, 0.2) is 78.5 Å². The van der Waals surface area contributed by atoms with E-state index in [-0.39, 0.29) is 11.9 Å². The molecule has 0 radical (unpaired) electrons. The summed E-state index contributed by atoms with van der Waals surface area (Å²) < 4.78 is 20.7. The third-order valence-corrected chi connectivity index (χ3v) is 4.66. The van der Waals surface area contributed by atoms with Crippen LogP contribution in [-0.2, 0) is 16.1 Å². The van der Waals surface area contributed by atoms with Crippen LogP contribution in [0.1, 0.15) is 0 Å². The predicted octanol–water partition coefficient (Wildman–Crippen LogP) is 4.03. The summed E-state index contributed by atoms with van der Waals surface area (Å²) >= 11 is 0. The van der Waals surface area contributed by atoms with Gasteiger partial charge in [0.1, 0.15) is 11.5 Å². The van der Waals surface area contributed by atoms with Crippen molar-refractivity contribution in [1.29, 1.82) is 0 Å². The summed E-state index contributed by atoms with van der Waals surface area (Å²) in [5, 5.41) is 4.05. The Morgan fingerprint density at radius 2 is 2.00 bits per heavy atom. The highest BCUT2D eigenvalue weighted by Crippen LogP contribution is 2.29. The number of nitrogens with one attached hydrogen (secondary N) is 1. The highest BCUT2D eigenvalue weighted by molar-refractivity contribution is 5.89. The minimum absolute atomic E-state index is 0.0905. The molecule has 27 heavy (non-hydrogen) atoms. The first-order valence-electron chi connectivity index (χ1n) is 8.73. The molecule has 0 amide bonds. The molecule has 5 heteroatoms. The molecule has 1 aliphatic heterocycles. The van der Waals surface area contributed by atoms with E-state index in [1.165, 1.54) is 13.2 Å². The number of benzene rings is 2. The molecular weight excluding hydrogens is 343 g/mol. The quantitative estimate of drug-likeness (QED) is 0.713. The second-order valence-corrected chi connectivity index (χ2v) is 6.42. The molecular formula is C22H19FN2O2. The third kappa shape index (κ3) is 3.36. The van der Waals surface area contributed by atoms with Gasteiger partial charge in [0.05, 0.1) is 13.2 Å². The first-order chi connectivity index (χ1) is 13.2. The zero-order chi connectivity index (χ0) is 18.8. The molecule has 1 aliphatic rings. The number of hydrogen-bond donors (Lipinski definition) is 1. The van der Waals surface area contributed by atoms with Gasteiger partial charge in [-0.05, 0) is 35.9 Å². The molecule has 0 fully saturated rings. The Bertz CT molecular complexity index is 1050. The Balaban J connectivity index is 1.74. The molecule has 4 rings (SSSR count). The summed E-state index contributed by atoms with van der Waals surface area (Å²) in [6.07, 6.45) is 5.54. The van der Waals surface area contributed by atoms with E-state index in [4.69, 9.17) is 4.74 Å². The number of nitrogens with zero attached hydrogens (tertiary/aromatic N) is 1. The third-order valence-electron chi connectivity index (χ3n) is 4.66. The van der Waals surface area contributed by atoms with Crippen LogP contribution in [0.4, 0.5) is 4.39 Å². The van der Waals surface area contributed by atoms with E-state index in [1.807, 2.05) is 48.6 Å². The number of hydrogen-bond acceptors (Lipinski definition) is 3. The largest absolute Gasteiger partial charge is 0.464 e. The van der Waals surface area contributed by atoms with E-state index in [0.717, 1.165) is 22.2 Å². The van der Waals surface area contributed by atoms with E-state index in [0.29, 0.717) is 12.2 Å². The number of aromatic nitrogens is 1. The summed E-state index contributed by atoms with van der Waals surface area (Å²) in [6, 6.07) is 16.7. The summed E-state index contributed by atoms with van der Waals surface area (Å²) in [7, 11) is 1.36. The molecule has 4 nitrogen and oxygen atoms in total. The number of fused-ring (bicyclic) bond motifs is 1. The minimum Gasteiger partial charge on any atom is -0.464 e. The summed E-state index contributed by atoms with van der Waals surface area (Å²) in [4.78, 5) is 11.8. The van der Waals surface area contributed by atoms with Crippen LogP contribution >= 0.6 is 0 Å². The second-order valence-electron chi connectivity index (χ2n) is 6.42. The molecule has 1 N–H and O–H groups in total. The lowest BCUT2D eigenvalue weighted by Gasteiger charge is -2.22. The van der Waals surface area contributed by atoms with Crippen LogP contribution in [0.3, 0.4) is 0 Å². The maximum absolute atomic E-state index is 13.7. The number of ether oxygens (including phenoxy) is 1. The molecule has 0 saturated heterocycles. The molecule has 0 bridgehead atoms. The maximum Gasteiger partial charge on any atom is 0.354 e. The molecule has 3 aromatic rings. The van der Waals surface area contributed by atoms with Gasteiger partial charge in [-0.25, -0.2) is 9.18 Å². The number of rotatable bonds is 4. The molecule has 1 unspecified atom stereocenters. The van der Waals surface area contributed by atoms with E-state index >= 15 is 0 Å². The number of methoxy groups -OCH3 is 1. The van der Waals surface area contributed by atoms with Crippen LogP contribution in [0.2, 0.25) is 0 Å². The van der Waals surface area contributed by atoms with Crippen molar-refractivity contribution in [2.45, 2.75) is 12.6 Å². The van der Waals surface area contributed by atoms with Crippen molar-refractivity contribution in [2.24, 2.45) is 0 Å². The molecule has 0 spiro atoms. The summed E-state index contributed by atoms with van der Waals surface area (Å²) in [6.45, 7) is 0.587. The average Bonchev–Trinajstić information content (AvgIpc) is 3.05. The Kier molecular flexibility index (Phi) is 4.50. The first kappa shape index (κ1) is 17.1. The normalized spacial score (nSPS) is 16.1. The maximum atomic E-state index is 13.7. The van der Waals surface area contributed by atoms with Gasteiger partial charge in [0.15, 0.2) is 0 Å². The highest BCUT2D eigenvalue weighted by atomic mass is 19.1. The molecule has 2 heterocycles. The van der Waals surface area contributed by atoms with Crippen LogP contribution in [0.5, 0.6) is 0 Å². The molecule has 2 aromatic carbocycles. The van der Waals surface area contributed by atoms with Gasteiger partial charge in [-0.2, -0.15) is 0 Å². The molecule has 1 aromatic heterocycles. The van der Waals surface area contributed by atoms with Crippen LogP contribution < -0.4 is 5.32 Å². The van der Waals surface area contributed by atoms with Crippen molar-refractivity contribution < 1.29 is 13.9 Å². The van der Waals surface area contributed by atoms with Crippen LogP contribution in [0.25, 0.3) is 22.2 Å². The van der Waals surface area contributed by atoms with Crippen molar-refractivity contribution >= 4 is 16.9 Å². The zero-order valence-electron chi connectivity index (χ0n) is 14.9. The van der Waals surface area contributed by atoms with Gasteiger partial charge >= 0.3 is 5.97 Å². The van der Waals surface area contributed by atoms with Gasteiger partial charge in [0, 0.05) is 23.1 Å². The van der Waals surface area contributed by atoms with E-state index in [1.54, 1.807) is 18.2 Å². The van der Waals surface area contributed by atoms with Gasteiger partial charge in [-0.3, -0.25) is 0 Å². The number of allylic oxidation sites excluding steroid dienone is 2. The van der Waals surface area contributed by atoms with Gasteiger partial charge in [0.2, 0.25) is 0 Å². The van der Waals surface area contributed by atoms with E-state index in [2.05, 4.69) is 9.88 Å². The van der Waals surface area contributed by atoms with Gasteiger partial charge in [0.25, 0.3) is 0 Å². The van der Waals surface area contributed by atoms with Gasteiger partial charge in [-0.15, -0.1) is 0 Å². The summed E-state index contributed by atoms with van der Waals surface area (Å²) in [5.41, 5.74) is 3.42. The number of carbonyl (C=O) groups is 1. The van der Waals surface area contributed by atoms with Crippen molar-refractivity contribution in [3.05, 3.63) is 84.3 Å². The lowest BCUT2D eigenvalue weighted by atomic mass is 10.1. The fourth-order valence-electron chi connectivity index (χ4n) is 3.41. The van der Waals surface area contributed by atoms with Gasteiger partial charge in [-0.1, -0.05) is 42.5 Å². The monoisotopic (exact) mass is 362 g/mol. The fraction of sp³-hybridized carbons (Fsp3) is 0.136. The lowest BCUT2D eigenvalue weighted by Crippen LogP contribution is -2.35. The van der Waals surface area contributed by atoms with Crippen molar-refractivity contribution in [1.82, 2.24) is 9.88 Å². The number of esters is 1. The Morgan fingerprint density at radius 3 is 2.78 bits per heavy atom. The SMILES string of the molecule is COC(=O)C1=CC=CC(Cn2c(-c3ccccc3)cc3cc(F)ccc32)N1. The molecule has 136 valence electrons. The zero-order valence-corrected chi connectivity index (χ0v) is 14.9. The number of carbonyl (C=O) groups excluding carboxylic acids is 1. The van der Waals surface area contributed by atoms with Crippen molar-refractivity contribution in [3.8, 4) is 11.3 Å². The number of dihydropyridines is 1. The lowest BCUT2D eigenvalue weighted by molar-refractivity contribution is -0.136. The Labute approximate surface area is 156 Å². The van der Waals surface area contributed by atoms with Crippen molar-refractivity contribution in [2.75, 3.05) is 7.11 Å². The molecule has 0 saturated carbocycles. The average molecular weight is 362 g/mol. The highest BCUT2D eigenvalue weighted by Gasteiger charge is 2.19. The van der Waals surface area contributed by atoms with Crippen molar-refractivity contribution in [3.63, 3.8) is 0 Å². The van der Waals surface area contributed by atoms with E-state index in [9.17, 15) is 9.18 Å². The smallest absolute Gasteiger partial charge is 0.354 e. The number of halogens is 1. The van der Waals surface area contributed by atoms with E-state index < -0.39 is 5.97 Å². The Morgan fingerprint density at radius 1 is 1.19 bits per heavy atom. The predicted molar refractivity (Wildman–Crippen MR) is 103 cm³/mol. The standard InChI is InChI=1S/C22H19FN2O2/c1-27-22(26)19-9-5-8-18(24-19)14-25-20-11-10-17(23)12-16(20)13-21(25)15-6-3-2-4-7-15/h2-13,18,24H,14H2,1H3. The topological polar surface area (TPSA) is 43.3 Å². The second kappa shape index (κ2) is 7.11. The Hall–Kier alpha value is -3.34. The van der Waals surface area contributed by atoms with Crippen LogP contribution in [0, 0.1) is 5.82 Å². The fourth-order valence-corrected chi connectivity index (χ4v) is 3.41. The van der Waals surface area contributed by atoms with Gasteiger partial charge < -0.3 is 14.6 Å².